The summed E-state index contributed by atoms with van der Waals surface area (Å²) in [5, 5.41) is 8.78. The van der Waals surface area contributed by atoms with Crippen molar-refractivity contribution in [2.45, 2.75) is 115 Å². The number of hydrogen-bond acceptors (Lipinski definition) is 7. The Morgan fingerprint density at radius 2 is 1.63 bits per heavy atom. The van der Waals surface area contributed by atoms with Crippen LogP contribution in [-0.2, 0) is 34.0 Å². The van der Waals surface area contributed by atoms with Crippen LogP contribution in [0.4, 0.5) is 15.3 Å². The Kier molecular flexibility index (Phi) is 11.9. The molecule has 4 amide bonds. The van der Waals surface area contributed by atoms with Gasteiger partial charge in [0.2, 0.25) is 0 Å². The number of urea groups is 1. The summed E-state index contributed by atoms with van der Waals surface area (Å²) in [7, 11) is -1.18. The second-order valence-corrected chi connectivity index (χ2v) is 22.7. The van der Waals surface area contributed by atoms with Gasteiger partial charge in [-0.05, 0) is 93.4 Å². The Morgan fingerprint density at radius 3 is 2.37 bits per heavy atom. The van der Waals surface area contributed by atoms with E-state index >= 15 is 0 Å². The molecule has 0 radical (unpaired) electrons. The van der Waals surface area contributed by atoms with Gasteiger partial charge in [0.15, 0.2) is 6.10 Å². The maximum absolute atomic E-state index is 14.3. The number of amides is 4. The summed E-state index contributed by atoms with van der Waals surface area (Å²) in [5.41, 5.74) is 4.79. The van der Waals surface area contributed by atoms with Crippen molar-refractivity contribution in [2.75, 3.05) is 51.2 Å². The Balaban J connectivity index is 1.02. The number of nitrogens with zero attached hydrogens (tertiary/aromatic N) is 6. The maximum Gasteiger partial charge on any atom is 0.410 e. The fourth-order valence-corrected chi connectivity index (χ4v) is 9.32. The quantitative estimate of drug-likeness (QED) is 0.171. The summed E-state index contributed by atoms with van der Waals surface area (Å²) >= 11 is 0. The van der Waals surface area contributed by atoms with E-state index in [2.05, 4.69) is 42.0 Å². The lowest BCUT2D eigenvalue weighted by Crippen LogP contribution is -2.53. The fourth-order valence-electron chi connectivity index (χ4n) is 8.56. The number of benzene rings is 2. The van der Waals surface area contributed by atoms with E-state index in [0.717, 1.165) is 71.9 Å². The molecule has 54 heavy (non-hydrogen) atoms. The zero-order valence-corrected chi connectivity index (χ0v) is 33.7. The normalized spacial score (nSPS) is 19.9. The van der Waals surface area contributed by atoms with Gasteiger partial charge in [-0.1, -0.05) is 50.3 Å². The number of para-hydroxylation sites is 1. The topological polar surface area (TPSA) is 112 Å². The number of hydrogen-bond donors (Lipinski definition) is 1. The van der Waals surface area contributed by atoms with E-state index in [4.69, 9.17) is 14.6 Å². The molecule has 3 aromatic rings. The molecule has 13 heteroatoms. The lowest BCUT2D eigenvalue weighted by Gasteiger charge is -2.41. The van der Waals surface area contributed by atoms with Gasteiger partial charge in [-0.3, -0.25) is 4.79 Å². The number of rotatable bonds is 11. The van der Waals surface area contributed by atoms with Crippen molar-refractivity contribution >= 4 is 42.7 Å². The average molecular weight is 758 g/mol. The van der Waals surface area contributed by atoms with Crippen LogP contribution < -0.4 is 5.32 Å². The first kappa shape index (κ1) is 38.3. The molecule has 0 spiro atoms. The molecule has 2 aromatic carbocycles. The minimum atomic E-state index is -1.18. The minimum Gasteiger partial charge on any atom is -0.436 e. The van der Waals surface area contributed by atoms with Crippen molar-refractivity contribution in [2.24, 2.45) is 0 Å². The van der Waals surface area contributed by atoms with Gasteiger partial charge in [0, 0.05) is 83.2 Å². The monoisotopic (exact) mass is 757 g/mol. The summed E-state index contributed by atoms with van der Waals surface area (Å²) in [6, 6.07) is 13.5. The van der Waals surface area contributed by atoms with E-state index in [9.17, 15) is 14.4 Å². The summed E-state index contributed by atoms with van der Waals surface area (Å²) in [5.74, 6) is -0.122. The third-order valence-electron chi connectivity index (χ3n) is 11.8. The first-order valence-corrected chi connectivity index (χ1v) is 23.9. The molecule has 0 saturated carbocycles. The molecule has 1 aromatic heterocycles. The molecule has 1 N–H and O–H groups in total. The molecule has 4 aliphatic heterocycles. The molecule has 12 nitrogen and oxygen atoms in total. The minimum absolute atomic E-state index is 0.0161. The van der Waals surface area contributed by atoms with Crippen LogP contribution in [0.2, 0.25) is 25.7 Å². The largest absolute Gasteiger partial charge is 0.436 e. The van der Waals surface area contributed by atoms with Crippen LogP contribution in [-0.4, -0.2) is 120 Å². The molecule has 1 unspecified atom stereocenters. The number of aryl methyl sites for hydroxylation is 1. The third kappa shape index (κ3) is 9.28. The van der Waals surface area contributed by atoms with Crippen LogP contribution in [0.15, 0.2) is 42.6 Å². The van der Waals surface area contributed by atoms with Crippen molar-refractivity contribution in [1.82, 2.24) is 29.4 Å². The number of aromatic nitrogens is 2. The molecule has 1 atom stereocenters. The number of fused-ring (bicyclic) bond motifs is 2. The zero-order chi connectivity index (χ0) is 37.8. The van der Waals surface area contributed by atoms with E-state index in [0.29, 0.717) is 58.3 Å². The molecule has 3 fully saturated rings. The second kappa shape index (κ2) is 16.8. The highest BCUT2D eigenvalue weighted by molar-refractivity contribution is 6.76. The van der Waals surface area contributed by atoms with Gasteiger partial charge >= 0.3 is 12.1 Å². The van der Waals surface area contributed by atoms with Crippen LogP contribution in [0.5, 0.6) is 0 Å². The van der Waals surface area contributed by atoms with Crippen LogP contribution >= 0.6 is 0 Å². The number of ether oxygens (including phenoxy) is 2. The van der Waals surface area contributed by atoms with Crippen LogP contribution in [0.3, 0.4) is 0 Å². The van der Waals surface area contributed by atoms with Crippen molar-refractivity contribution in [3.63, 3.8) is 0 Å². The zero-order valence-electron chi connectivity index (χ0n) is 32.7. The first-order chi connectivity index (χ1) is 26.0. The number of piperidine rings is 3. The molecular formula is C41H59N7O5Si. The van der Waals surface area contributed by atoms with E-state index in [1.54, 1.807) is 4.90 Å². The third-order valence-corrected chi connectivity index (χ3v) is 13.5. The summed E-state index contributed by atoms with van der Waals surface area (Å²) in [6.07, 6.45) is 7.87. The lowest BCUT2D eigenvalue weighted by atomic mass is 9.98. The van der Waals surface area contributed by atoms with Crippen molar-refractivity contribution in [3.05, 3.63) is 59.3 Å². The summed E-state index contributed by atoms with van der Waals surface area (Å²) in [6.45, 7) is 15.3. The fraction of sp³-hybridized carbons (Fsp3) is 0.610. The van der Waals surface area contributed by atoms with E-state index in [1.807, 2.05) is 51.9 Å². The molecule has 0 bridgehead atoms. The molecule has 3 saturated heterocycles. The Morgan fingerprint density at radius 1 is 0.926 bits per heavy atom. The summed E-state index contributed by atoms with van der Waals surface area (Å²) < 4.78 is 14.0. The Bertz CT molecular complexity index is 1790. The summed E-state index contributed by atoms with van der Waals surface area (Å²) in [4.78, 5) is 49.2. The lowest BCUT2D eigenvalue weighted by molar-refractivity contribution is -0.142. The van der Waals surface area contributed by atoms with Crippen molar-refractivity contribution in [1.29, 1.82) is 0 Å². The smallest absolute Gasteiger partial charge is 0.410 e. The molecule has 292 valence electrons. The van der Waals surface area contributed by atoms with Gasteiger partial charge in [0.1, 0.15) is 6.73 Å². The highest BCUT2D eigenvalue weighted by Gasteiger charge is 2.37. The number of carbonyl (C=O) groups excluding carboxylic acids is 3. The van der Waals surface area contributed by atoms with Crippen LogP contribution in [0, 0.1) is 6.92 Å². The van der Waals surface area contributed by atoms with Gasteiger partial charge in [-0.2, -0.15) is 5.10 Å². The van der Waals surface area contributed by atoms with Gasteiger partial charge < -0.3 is 34.4 Å². The van der Waals surface area contributed by atoms with Crippen molar-refractivity contribution in [3.8, 4) is 0 Å². The van der Waals surface area contributed by atoms with Gasteiger partial charge in [0.05, 0.1) is 5.52 Å². The van der Waals surface area contributed by atoms with Crippen LogP contribution in [0.1, 0.15) is 61.6 Å². The Labute approximate surface area is 321 Å². The maximum atomic E-state index is 14.3. The molecule has 4 aliphatic rings. The van der Waals surface area contributed by atoms with Crippen LogP contribution in [0.25, 0.3) is 10.9 Å². The van der Waals surface area contributed by atoms with Crippen molar-refractivity contribution < 1.29 is 23.9 Å². The first-order valence-electron chi connectivity index (χ1n) is 20.2. The van der Waals surface area contributed by atoms with E-state index in [-0.39, 0.29) is 24.4 Å². The molecular weight excluding hydrogens is 699 g/mol. The molecule has 5 heterocycles. The second-order valence-electron chi connectivity index (χ2n) is 17.0. The predicted molar refractivity (Wildman–Crippen MR) is 213 cm³/mol. The standard InChI is InChI=1S/C41H59N7O5Si/c1-30-24-31(25-33-27-47(43-38(30)33)29-52-22-23-54(2,3)4)26-37(39(49)45-18-12-34(13-19-45)44-16-8-5-9-17-44)53-41(51)46-20-14-35(15-21-46)48-28-32-10-6-7-11-36(32)42-40(48)50/h6-7,10-11,24-25,27,34-35,37H,5,8-9,12-23,26,28-29H2,1-4H3,(H,42,50). The number of carbonyl (C=O) groups is 3. The van der Waals surface area contributed by atoms with E-state index in [1.165, 1.54) is 19.3 Å². The molecule has 0 aliphatic carbocycles. The van der Waals surface area contributed by atoms with Gasteiger partial charge in [-0.15, -0.1) is 0 Å². The Hall–Kier alpha value is -3.94. The highest BCUT2D eigenvalue weighted by atomic mass is 28.3. The number of anilines is 1. The predicted octanol–water partition coefficient (Wildman–Crippen LogP) is 6.69. The highest BCUT2D eigenvalue weighted by Crippen LogP contribution is 2.29. The molecule has 7 rings (SSSR count). The number of likely N-dealkylation sites (tertiary alicyclic amines) is 3. The number of nitrogens with one attached hydrogen (secondary N) is 1. The van der Waals surface area contributed by atoms with Gasteiger partial charge in [-0.25, -0.2) is 14.3 Å². The van der Waals surface area contributed by atoms with Gasteiger partial charge in [0.25, 0.3) is 5.91 Å². The van der Waals surface area contributed by atoms with E-state index < -0.39 is 20.3 Å². The average Bonchev–Trinajstić information content (AvgIpc) is 3.59. The SMILES string of the molecule is Cc1cc(CC(OC(=O)N2CCC(N3Cc4ccccc4NC3=O)CC2)C(=O)N2CCC(N3CCCCC3)CC2)cc2cn(COCC[Si](C)(C)C)nc12.